The van der Waals surface area contributed by atoms with Crippen molar-refractivity contribution in [3.8, 4) is 44.5 Å². The average Bonchev–Trinajstić information content (AvgIpc) is 3.29. The molecule has 0 radical (unpaired) electrons. The van der Waals surface area contributed by atoms with Crippen LogP contribution in [0.1, 0.15) is 0 Å². The Kier molecular flexibility index (Phi) is 8.34. The van der Waals surface area contributed by atoms with Crippen molar-refractivity contribution in [1.82, 2.24) is 0 Å². The zero-order valence-electron chi connectivity index (χ0n) is 31.6. The molecule has 4 heteroatoms. The molecule has 0 amide bonds. The highest BCUT2D eigenvalue weighted by Crippen LogP contribution is 2.52. The summed E-state index contributed by atoms with van der Waals surface area (Å²) >= 11 is 7.47. The summed E-state index contributed by atoms with van der Waals surface area (Å²) in [6, 6.07) is 78.7. The fourth-order valence-electron chi connectivity index (χ4n) is 9.32. The van der Waals surface area contributed by atoms with E-state index >= 15 is 0 Å². The van der Waals surface area contributed by atoms with E-state index < -0.39 is 0 Å². The molecule has 11 rings (SSSR count). The highest BCUT2D eigenvalue weighted by Gasteiger charge is 2.44. The summed E-state index contributed by atoms with van der Waals surface area (Å²) < 4.78 is 0. The zero-order valence-corrected chi connectivity index (χ0v) is 32.4. The minimum absolute atomic E-state index is 0.0321. The van der Waals surface area contributed by atoms with Crippen molar-refractivity contribution in [2.75, 3.05) is 9.80 Å². The number of halogens is 1. The van der Waals surface area contributed by atoms with Crippen LogP contribution >= 0.6 is 11.6 Å². The van der Waals surface area contributed by atoms with Gasteiger partial charge in [0.25, 0.3) is 6.71 Å². The van der Waals surface area contributed by atoms with Crippen molar-refractivity contribution < 1.29 is 0 Å². The minimum atomic E-state index is -0.0321. The lowest BCUT2D eigenvalue weighted by Gasteiger charge is -2.45. The van der Waals surface area contributed by atoms with Crippen molar-refractivity contribution in [3.05, 3.63) is 223 Å². The van der Waals surface area contributed by atoms with Crippen LogP contribution in [0.5, 0.6) is 0 Å². The summed E-state index contributed by atoms with van der Waals surface area (Å²) in [6.45, 7) is -0.0321. The topological polar surface area (TPSA) is 6.48 Å². The molecule has 2 heterocycles. The smallest absolute Gasteiger partial charge is 0.252 e. The van der Waals surface area contributed by atoms with Gasteiger partial charge in [0.05, 0.1) is 11.4 Å². The normalized spacial score (nSPS) is 12.5. The number of nitrogens with zero attached hydrogens (tertiary/aromatic N) is 2. The number of fused-ring (bicyclic) bond motifs is 4. The van der Waals surface area contributed by atoms with Gasteiger partial charge in [0.15, 0.2) is 0 Å². The van der Waals surface area contributed by atoms with E-state index in [4.69, 9.17) is 11.6 Å². The van der Waals surface area contributed by atoms with Gasteiger partial charge in [0, 0.05) is 50.0 Å². The zero-order chi connectivity index (χ0) is 38.6. The molecule has 0 spiro atoms. The van der Waals surface area contributed by atoms with Crippen LogP contribution in [-0.2, 0) is 0 Å². The Bertz CT molecular complexity index is 2650. The van der Waals surface area contributed by atoms with Gasteiger partial charge in [-0.15, -0.1) is 0 Å². The lowest BCUT2D eigenvalue weighted by molar-refractivity contribution is 1.25. The maximum atomic E-state index is 7.47. The molecule has 0 fully saturated rings. The summed E-state index contributed by atoms with van der Waals surface area (Å²) in [5.41, 5.74) is 19.6. The van der Waals surface area contributed by atoms with Crippen molar-refractivity contribution >= 4 is 68.8 Å². The fraction of sp³-hybridized carbons (Fsp3) is 0. The molecule has 0 N–H and O–H groups in total. The van der Waals surface area contributed by atoms with Crippen molar-refractivity contribution in [2.45, 2.75) is 0 Å². The summed E-state index contributed by atoms with van der Waals surface area (Å²) in [5.74, 6) is 0. The van der Waals surface area contributed by atoms with E-state index in [-0.39, 0.29) is 6.71 Å². The molecule has 272 valence electrons. The van der Waals surface area contributed by atoms with Gasteiger partial charge in [-0.25, -0.2) is 0 Å². The Hall–Kier alpha value is -7.07. The predicted molar refractivity (Wildman–Crippen MR) is 247 cm³/mol. The molecule has 0 saturated heterocycles. The van der Waals surface area contributed by atoms with Gasteiger partial charge in [-0.1, -0.05) is 206 Å². The maximum absolute atomic E-state index is 7.47. The first-order valence-electron chi connectivity index (χ1n) is 19.8. The Balaban J connectivity index is 1.26. The van der Waals surface area contributed by atoms with E-state index in [1.165, 1.54) is 16.4 Å². The average molecular weight is 759 g/mol. The Morgan fingerprint density at radius 1 is 0.310 bits per heavy atom. The lowest BCUT2D eigenvalue weighted by atomic mass is 9.33. The largest absolute Gasteiger partial charge is 0.310 e. The van der Waals surface area contributed by atoms with E-state index in [1.807, 2.05) is 0 Å². The molecule has 0 atom stereocenters. The van der Waals surface area contributed by atoms with Gasteiger partial charge in [-0.2, -0.15) is 0 Å². The van der Waals surface area contributed by atoms with Gasteiger partial charge in [0.2, 0.25) is 0 Å². The summed E-state index contributed by atoms with van der Waals surface area (Å²) in [7, 11) is 0. The molecule has 58 heavy (non-hydrogen) atoms. The van der Waals surface area contributed by atoms with Crippen LogP contribution in [0.4, 0.5) is 34.1 Å². The van der Waals surface area contributed by atoms with Gasteiger partial charge in [0.1, 0.15) is 0 Å². The van der Waals surface area contributed by atoms with Gasteiger partial charge >= 0.3 is 0 Å². The third kappa shape index (κ3) is 5.50. The van der Waals surface area contributed by atoms with E-state index in [0.717, 1.165) is 78.6 Å². The van der Waals surface area contributed by atoms with Gasteiger partial charge in [-0.05, 0) is 62.9 Å². The van der Waals surface area contributed by atoms with Crippen LogP contribution in [-0.4, -0.2) is 6.71 Å². The molecule has 9 aromatic rings. The van der Waals surface area contributed by atoms with Crippen LogP contribution in [0.15, 0.2) is 218 Å². The molecular weight excluding hydrogens is 723 g/mol. The molecule has 0 aromatic heterocycles. The standard InChI is InChI=1S/C54H36BClN2/c56-41-35-50-52-51(36-41)58(54-44(39-23-9-3-10-24-39)29-18-30-45(54)40-25-11-4-12-26-40)49-34-16-14-32-47(49)55(52)46-31-13-15-33-48(46)57(50)53-42(37-19-5-1-6-20-37)27-17-28-43(53)38-21-7-2-8-22-38/h1-36H. The Morgan fingerprint density at radius 2 is 0.621 bits per heavy atom. The number of hydrogen-bond acceptors (Lipinski definition) is 2. The predicted octanol–water partition coefficient (Wildman–Crippen LogP) is 13.1. The number of anilines is 6. The lowest BCUT2D eigenvalue weighted by Crippen LogP contribution is -2.61. The Morgan fingerprint density at radius 3 is 0.966 bits per heavy atom. The van der Waals surface area contributed by atoms with Crippen LogP contribution in [0.25, 0.3) is 44.5 Å². The van der Waals surface area contributed by atoms with E-state index in [9.17, 15) is 0 Å². The van der Waals surface area contributed by atoms with Crippen molar-refractivity contribution in [3.63, 3.8) is 0 Å². The van der Waals surface area contributed by atoms with Gasteiger partial charge < -0.3 is 9.80 Å². The van der Waals surface area contributed by atoms with E-state index in [2.05, 4.69) is 228 Å². The quantitative estimate of drug-likeness (QED) is 0.156. The molecule has 0 aliphatic carbocycles. The molecule has 0 unspecified atom stereocenters. The third-order valence-electron chi connectivity index (χ3n) is 11.7. The third-order valence-corrected chi connectivity index (χ3v) is 11.9. The summed E-state index contributed by atoms with van der Waals surface area (Å²) in [6.07, 6.45) is 0. The first kappa shape index (κ1) is 34.2. The maximum Gasteiger partial charge on any atom is 0.252 e. The van der Waals surface area contributed by atoms with Crippen LogP contribution in [0, 0.1) is 0 Å². The second-order valence-electron chi connectivity index (χ2n) is 14.9. The van der Waals surface area contributed by atoms with Crippen LogP contribution in [0.2, 0.25) is 5.02 Å². The Labute approximate surface area is 345 Å². The summed E-state index contributed by atoms with van der Waals surface area (Å²) in [4.78, 5) is 4.99. The molecular formula is C54H36BClN2. The molecule has 2 aliphatic heterocycles. The highest BCUT2D eigenvalue weighted by molar-refractivity contribution is 7.00. The number of rotatable bonds is 6. The monoisotopic (exact) mass is 758 g/mol. The van der Waals surface area contributed by atoms with Crippen LogP contribution in [0.3, 0.4) is 0 Å². The highest BCUT2D eigenvalue weighted by atomic mass is 35.5. The number of hydrogen-bond donors (Lipinski definition) is 0. The van der Waals surface area contributed by atoms with Gasteiger partial charge in [-0.3, -0.25) is 0 Å². The number of para-hydroxylation sites is 4. The summed E-state index contributed by atoms with van der Waals surface area (Å²) in [5, 5.41) is 0.679. The van der Waals surface area contributed by atoms with E-state index in [1.54, 1.807) is 0 Å². The van der Waals surface area contributed by atoms with E-state index in [0.29, 0.717) is 5.02 Å². The first-order valence-corrected chi connectivity index (χ1v) is 20.2. The second kappa shape index (κ2) is 14.1. The number of benzene rings is 9. The SMILES string of the molecule is Clc1cc2c3c(c1)N(c1c(-c4ccccc4)cccc1-c1ccccc1)c1ccccc1B3c1ccccc1N2c1c(-c2ccccc2)cccc1-c1ccccc1. The minimum Gasteiger partial charge on any atom is -0.310 e. The van der Waals surface area contributed by atoms with Crippen molar-refractivity contribution in [1.29, 1.82) is 0 Å². The molecule has 9 aromatic carbocycles. The molecule has 0 bridgehead atoms. The first-order chi connectivity index (χ1) is 28.7. The second-order valence-corrected chi connectivity index (χ2v) is 15.4. The molecule has 2 aliphatic rings. The molecule has 2 nitrogen and oxygen atoms in total. The molecule has 0 saturated carbocycles. The van der Waals surface area contributed by atoms with Crippen LogP contribution < -0.4 is 26.2 Å². The fourth-order valence-corrected chi connectivity index (χ4v) is 9.52. The van der Waals surface area contributed by atoms with Crippen molar-refractivity contribution in [2.24, 2.45) is 0 Å².